The van der Waals surface area contributed by atoms with Crippen molar-refractivity contribution in [3.8, 4) is 0 Å². The van der Waals surface area contributed by atoms with Gasteiger partial charge < -0.3 is 9.64 Å². The molecule has 2 aliphatic rings. The lowest BCUT2D eigenvalue weighted by atomic mass is 9.86. The summed E-state index contributed by atoms with van der Waals surface area (Å²) in [6.45, 7) is 3.43. The molecule has 1 aliphatic carbocycles. The van der Waals surface area contributed by atoms with E-state index in [1.165, 1.54) is 0 Å². The number of esters is 1. The number of amides is 1. The van der Waals surface area contributed by atoms with Crippen LogP contribution in [-0.2, 0) is 25.8 Å². The molecule has 9 heteroatoms. The fourth-order valence-electron chi connectivity index (χ4n) is 5.53. The van der Waals surface area contributed by atoms with Crippen LogP contribution in [0.3, 0.4) is 0 Å². The summed E-state index contributed by atoms with van der Waals surface area (Å²) in [5, 5.41) is 2.75. The van der Waals surface area contributed by atoms with E-state index in [0.717, 1.165) is 34.5 Å². The van der Waals surface area contributed by atoms with Crippen LogP contribution >= 0.6 is 11.3 Å². The molecule has 5 rings (SSSR count). The van der Waals surface area contributed by atoms with Crippen molar-refractivity contribution in [1.29, 1.82) is 0 Å². The molecular formula is C29H32N2O5S2. The van der Waals surface area contributed by atoms with Crippen molar-refractivity contribution >= 4 is 55.6 Å². The van der Waals surface area contributed by atoms with E-state index in [2.05, 4.69) is 12.1 Å². The van der Waals surface area contributed by atoms with Crippen LogP contribution in [0.4, 0.5) is 0 Å². The Balaban J connectivity index is 1.45. The van der Waals surface area contributed by atoms with Crippen molar-refractivity contribution in [3.05, 3.63) is 63.5 Å². The predicted molar refractivity (Wildman–Crippen MR) is 151 cm³/mol. The number of benzene rings is 1. The molecule has 200 valence electrons. The summed E-state index contributed by atoms with van der Waals surface area (Å²) in [7, 11) is -3.16. The molecule has 3 aromatic rings. The Hall–Kier alpha value is -3.04. The van der Waals surface area contributed by atoms with Gasteiger partial charge in [0, 0.05) is 22.3 Å². The molecule has 0 radical (unpaired) electrons. The Morgan fingerprint density at radius 1 is 1.21 bits per heavy atom. The van der Waals surface area contributed by atoms with Gasteiger partial charge in [0.25, 0.3) is 5.91 Å². The molecule has 7 nitrogen and oxygen atoms in total. The molecule has 1 aromatic carbocycles. The molecule has 0 saturated carbocycles. The number of para-hydroxylation sites is 1. The number of fused-ring (bicyclic) bond motifs is 2. The molecule has 2 atom stereocenters. The zero-order chi connectivity index (χ0) is 26.9. The minimum Gasteiger partial charge on any atom is -0.452 e. The van der Waals surface area contributed by atoms with Crippen LogP contribution in [0, 0.1) is 0 Å². The topological polar surface area (TPSA) is 93.6 Å². The maximum absolute atomic E-state index is 13.6. The monoisotopic (exact) mass is 552 g/mol. The molecule has 3 heterocycles. The summed E-state index contributed by atoms with van der Waals surface area (Å²) in [5.74, 6) is -0.874. The van der Waals surface area contributed by atoms with E-state index in [9.17, 15) is 18.0 Å². The summed E-state index contributed by atoms with van der Waals surface area (Å²) in [5.41, 5.74) is 3.94. The first-order valence-corrected chi connectivity index (χ1v) is 15.8. The van der Waals surface area contributed by atoms with Gasteiger partial charge in [0.2, 0.25) is 0 Å². The van der Waals surface area contributed by atoms with Gasteiger partial charge in [-0.3, -0.25) is 4.79 Å². The van der Waals surface area contributed by atoms with Gasteiger partial charge in [-0.25, -0.2) is 18.2 Å². The van der Waals surface area contributed by atoms with E-state index >= 15 is 0 Å². The number of ether oxygens (including phenoxy) is 1. The van der Waals surface area contributed by atoms with Crippen LogP contribution in [0.2, 0.25) is 0 Å². The first kappa shape index (κ1) is 26.6. The summed E-state index contributed by atoms with van der Waals surface area (Å²) in [6, 6.07) is 11.1. The van der Waals surface area contributed by atoms with Gasteiger partial charge in [0.15, 0.2) is 16.4 Å². The molecule has 1 amide bonds. The van der Waals surface area contributed by atoms with Gasteiger partial charge in [-0.05, 0) is 73.8 Å². The highest BCUT2D eigenvalue weighted by atomic mass is 32.2. The fraction of sp³-hybridized carbons (Fsp3) is 0.414. The van der Waals surface area contributed by atoms with Gasteiger partial charge in [-0.2, -0.15) is 0 Å². The van der Waals surface area contributed by atoms with Crippen molar-refractivity contribution in [2.24, 2.45) is 0 Å². The van der Waals surface area contributed by atoms with Gasteiger partial charge in [0.1, 0.15) is 0 Å². The van der Waals surface area contributed by atoms with Crippen LogP contribution in [0.5, 0.6) is 0 Å². The number of allylic oxidation sites excluding steroid dienone is 1. The van der Waals surface area contributed by atoms with E-state index in [0.29, 0.717) is 35.7 Å². The van der Waals surface area contributed by atoms with E-state index in [4.69, 9.17) is 9.72 Å². The van der Waals surface area contributed by atoms with Gasteiger partial charge >= 0.3 is 5.97 Å². The number of aromatic nitrogens is 1. The number of carbonyl (C=O) groups is 2. The molecule has 1 saturated heterocycles. The Morgan fingerprint density at radius 3 is 2.74 bits per heavy atom. The highest BCUT2D eigenvalue weighted by Crippen LogP contribution is 2.37. The van der Waals surface area contributed by atoms with Crippen LogP contribution in [0.1, 0.15) is 66.0 Å². The summed E-state index contributed by atoms with van der Waals surface area (Å²) in [4.78, 5) is 34.6. The molecule has 1 aliphatic heterocycles. The number of rotatable bonds is 7. The van der Waals surface area contributed by atoms with Crippen LogP contribution in [0.25, 0.3) is 22.6 Å². The Morgan fingerprint density at radius 2 is 2.03 bits per heavy atom. The third kappa shape index (κ3) is 5.40. The Bertz CT molecular complexity index is 1490. The molecule has 0 spiro atoms. The van der Waals surface area contributed by atoms with Crippen molar-refractivity contribution in [2.75, 3.05) is 18.1 Å². The average Bonchev–Trinajstić information content (AvgIpc) is 3.55. The van der Waals surface area contributed by atoms with Crippen molar-refractivity contribution in [3.63, 3.8) is 0 Å². The summed E-state index contributed by atoms with van der Waals surface area (Å²) < 4.78 is 29.8. The second-order valence-corrected chi connectivity index (χ2v) is 13.3. The third-order valence-electron chi connectivity index (χ3n) is 7.52. The van der Waals surface area contributed by atoms with E-state index in [1.54, 1.807) is 16.2 Å². The zero-order valence-electron chi connectivity index (χ0n) is 21.7. The minimum absolute atomic E-state index is 0.0428. The third-order valence-corrected chi connectivity index (χ3v) is 10.1. The lowest BCUT2D eigenvalue weighted by molar-refractivity contribution is -0.138. The minimum atomic E-state index is -3.16. The number of hydrogen-bond acceptors (Lipinski definition) is 7. The van der Waals surface area contributed by atoms with Crippen LogP contribution in [0.15, 0.2) is 41.8 Å². The van der Waals surface area contributed by atoms with Crippen molar-refractivity contribution in [2.45, 2.75) is 58.0 Å². The highest BCUT2D eigenvalue weighted by Gasteiger charge is 2.37. The first-order chi connectivity index (χ1) is 18.3. The van der Waals surface area contributed by atoms with Crippen LogP contribution in [-0.4, -0.2) is 60.4 Å². The van der Waals surface area contributed by atoms with Gasteiger partial charge in [0.05, 0.1) is 28.3 Å². The molecule has 0 N–H and O–H groups in total. The first-order valence-electron chi connectivity index (χ1n) is 13.1. The molecule has 2 unspecified atom stereocenters. The number of sulfone groups is 1. The zero-order valence-corrected chi connectivity index (χ0v) is 23.3. The Kier molecular flexibility index (Phi) is 7.68. The van der Waals surface area contributed by atoms with E-state index < -0.39 is 22.4 Å². The SMILES string of the molecule is CCC(C)N(C(=O)COC(=O)c1c2c(nc3ccccc13)/C(=C/c1cccs1)CCC2)C1CCS(=O)(=O)C1. The molecular weight excluding hydrogens is 520 g/mol. The smallest absolute Gasteiger partial charge is 0.339 e. The second-order valence-electron chi connectivity index (χ2n) is 10.1. The number of pyridine rings is 1. The quantitative estimate of drug-likeness (QED) is 0.377. The summed E-state index contributed by atoms with van der Waals surface area (Å²) >= 11 is 1.66. The maximum atomic E-state index is 13.6. The van der Waals surface area contributed by atoms with Crippen LogP contribution < -0.4 is 0 Å². The Labute approximate surface area is 227 Å². The fourth-order valence-corrected chi connectivity index (χ4v) is 7.92. The number of carbonyl (C=O) groups excluding carboxylic acids is 2. The molecule has 0 bridgehead atoms. The average molecular weight is 553 g/mol. The van der Waals surface area contributed by atoms with Crippen molar-refractivity contribution < 1.29 is 22.7 Å². The largest absolute Gasteiger partial charge is 0.452 e. The number of thiophene rings is 1. The van der Waals surface area contributed by atoms with Crippen molar-refractivity contribution in [1.82, 2.24) is 9.88 Å². The predicted octanol–water partition coefficient (Wildman–Crippen LogP) is 5.14. The molecule has 1 fully saturated rings. The van der Waals surface area contributed by atoms with E-state index in [1.807, 2.05) is 49.6 Å². The highest BCUT2D eigenvalue weighted by molar-refractivity contribution is 7.91. The molecule has 38 heavy (non-hydrogen) atoms. The summed E-state index contributed by atoms with van der Waals surface area (Å²) in [6.07, 6.45) is 5.69. The lowest BCUT2D eigenvalue weighted by Gasteiger charge is -2.33. The molecule has 2 aromatic heterocycles. The maximum Gasteiger partial charge on any atom is 0.339 e. The standard InChI is InChI=1S/C29H32N2O5S2/c1-3-19(2)31(21-13-15-38(34,35)18-21)26(32)17-36-29(33)27-23-10-4-5-12-25(23)30-28-20(8-6-11-24(27)28)16-22-9-7-14-37-22/h4-5,7,9-10,12,14,16,19,21H,3,6,8,11,13,15,17-18H2,1-2H3/b20-16+. The van der Waals surface area contributed by atoms with Gasteiger partial charge in [-0.15, -0.1) is 11.3 Å². The number of nitrogens with zero attached hydrogens (tertiary/aromatic N) is 2. The number of hydrogen-bond donors (Lipinski definition) is 0. The lowest BCUT2D eigenvalue weighted by Crippen LogP contribution is -2.48. The second kappa shape index (κ2) is 11.0. The normalized spacial score (nSPS) is 20.3. The van der Waals surface area contributed by atoms with E-state index in [-0.39, 0.29) is 29.5 Å². The van der Waals surface area contributed by atoms with Gasteiger partial charge in [-0.1, -0.05) is 31.2 Å².